The Morgan fingerprint density at radius 1 is 1.10 bits per heavy atom. The molecule has 0 spiro atoms. The molecule has 0 saturated heterocycles. The maximum Gasteiger partial charge on any atom is 0.234 e. The van der Waals surface area contributed by atoms with Crippen molar-refractivity contribution in [3.05, 3.63) is 35.9 Å². The first kappa shape index (κ1) is 17.2. The molecule has 5 heteroatoms. The lowest BCUT2D eigenvalue weighted by molar-refractivity contribution is -0.124. The second kappa shape index (κ2) is 9.13. The van der Waals surface area contributed by atoms with E-state index in [9.17, 15) is 9.59 Å². The molecule has 0 unspecified atom stereocenters. The summed E-state index contributed by atoms with van der Waals surface area (Å²) in [5.41, 5.74) is 1.20. The van der Waals surface area contributed by atoms with Gasteiger partial charge in [0.2, 0.25) is 11.8 Å². The Bertz CT molecular complexity index is 446. The number of carbonyl (C=O) groups excluding carboxylic acids is 2. The molecule has 0 aliphatic heterocycles. The van der Waals surface area contributed by atoms with Crippen molar-refractivity contribution >= 4 is 11.8 Å². The van der Waals surface area contributed by atoms with Gasteiger partial charge in [0.15, 0.2) is 0 Å². The van der Waals surface area contributed by atoms with Crippen LogP contribution in [0.1, 0.15) is 19.4 Å². The van der Waals surface area contributed by atoms with Crippen molar-refractivity contribution in [3.8, 4) is 0 Å². The first-order valence-corrected chi connectivity index (χ1v) is 7.26. The summed E-state index contributed by atoms with van der Waals surface area (Å²) < 4.78 is 0. The summed E-state index contributed by atoms with van der Waals surface area (Å²) >= 11 is 0. The number of nitrogens with zero attached hydrogens (tertiary/aromatic N) is 1. The quantitative estimate of drug-likeness (QED) is 0.745. The molecule has 0 bridgehead atoms. The highest BCUT2D eigenvalue weighted by Crippen LogP contribution is 1.98. The Hall–Kier alpha value is -1.88. The van der Waals surface area contributed by atoms with Gasteiger partial charge in [0, 0.05) is 12.6 Å². The Kier molecular flexibility index (Phi) is 7.46. The Morgan fingerprint density at radius 2 is 1.71 bits per heavy atom. The summed E-state index contributed by atoms with van der Waals surface area (Å²) in [6.07, 6.45) is 0.810. The third-order valence-electron chi connectivity index (χ3n) is 2.86. The van der Waals surface area contributed by atoms with Crippen LogP contribution in [0.25, 0.3) is 0 Å². The van der Waals surface area contributed by atoms with Gasteiger partial charge < -0.3 is 10.6 Å². The zero-order chi connectivity index (χ0) is 15.7. The largest absolute Gasteiger partial charge is 0.355 e. The lowest BCUT2D eigenvalue weighted by Gasteiger charge is -2.17. The molecule has 0 heterocycles. The molecule has 21 heavy (non-hydrogen) atoms. The summed E-state index contributed by atoms with van der Waals surface area (Å²) in [4.78, 5) is 25.0. The number of hydrogen-bond donors (Lipinski definition) is 2. The van der Waals surface area contributed by atoms with Crippen molar-refractivity contribution in [2.75, 3.05) is 26.7 Å². The van der Waals surface area contributed by atoms with Crippen LogP contribution in [0.2, 0.25) is 0 Å². The van der Waals surface area contributed by atoms with E-state index < -0.39 is 0 Å². The minimum atomic E-state index is -0.0652. The van der Waals surface area contributed by atoms with Crippen molar-refractivity contribution in [2.24, 2.45) is 0 Å². The first-order valence-electron chi connectivity index (χ1n) is 7.26. The SMILES string of the molecule is CC(C)NC(=O)CN(C)CC(=O)NCCc1ccccc1. The van der Waals surface area contributed by atoms with Gasteiger partial charge in [-0.05, 0) is 32.9 Å². The van der Waals surface area contributed by atoms with Gasteiger partial charge in [-0.1, -0.05) is 30.3 Å². The number of rotatable bonds is 8. The molecule has 0 saturated carbocycles. The Balaban J connectivity index is 2.19. The van der Waals surface area contributed by atoms with Gasteiger partial charge in [-0.25, -0.2) is 0 Å². The van der Waals surface area contributed by atoms with Crippen LogP contribution in [-0.2, 0) is 16.0 Å². The van der Waals surface area contributed by atoms with E-state index in [4.69, 9.17) is 0 Å². The number of hydrogen-bond acceptors (Lipinski definition) is 3. The van der Waals surface area contributed by atoms with E-state index in [0.717, 1.165) is 6.42 Å². The highest BCUT2D eigenvalue weighted by molar-refractivity contribution is 5.81. The van der Waals surface area contributed by atoms with Gasteiger partial charge in [0.1, 0.15) is 0 Å². The topological polar surface area (TPSA) is 61.4 Å². The van der Waals surface area contributed by atoms with Crippen LogP contribution in [0.15, 0.2) is 30.3 Å². The molecule has 1 aromatic rings. The highest BCUT2D eigenvalue weighted by Gasteiger charge is 2.10. The molecule has 116 valence electrons. The van der Waals surface area contributed by atoms with Gasteiger partial charge >= 0.3 is 0 Å². The number of amides is 2. The van der Waals surface area contributed by atoms with Crippen LogP contribution in [0, 0.1) is 0 Å². The zero-order valence-electron chi connectivity index (χ0n) is 13.1. The van der Waals surface area contributed by atoms with Crippen LogP contribution >= 0.6 is 0 Å². The normalized spacial score (nSPS) is 10.7. The van der Waals surface area contributed by atoms with Gasteiger partial charge in [-0.3, -0.25) is 14.5 Å². The minimum Gasteiger partial charge on any atom is -0.355 e. The standard InChI is InChI=1S/C16H25N3O2/c1-13(2)18-16(21)12-19(3)11-15(20)17-10-9-14-7-5-4-6-8-14/h4-8,13H,9-12H2,1-3H3,(H,17,20)(H,18,21). The molecular weight excluding hydrogens is 266 g/mol. The van der Waals surface area contributed by atoms with Crippen molar-refractivity contribution in [3.63, 3.8) is 0 Å². The fraction of sp³-hybridized carbons (Fsp3) is 0.500. The lowest BCUT2D eigenvalue weighted by atomic mass is 10.1. The zero-order valence-corrected chi connectivity index (χ0v) is 13.1. The van der Waals surface area contributed by atoms with Gasteiger partial charge in [0.05, 0.1) is 13.1 Å². The predicted molar refractivity (Wildman–Crippen MR) is 83.9 cm³/mol. The molecule has 2 N–H and O–H groups in total. The minimum absolute atomic E-state index is 0.0641. The van der Waals surface area contributed by atoms with Crippen LogP contribution < -0.4 is 10.6 Å². The van der Waals surface area contributed by atoms with Crippen LogP contribution in [0.4, 0.5) is 0 Å². The number of nitrogens with one attached hydrogen (secondary N) is 2. The second-order valence-corrected chi connectivity index (χ2v) is 5.48. The fourth-order valence-electron chi connectivity index (χ4n) is 1.96. The van der Waals surface area contributed by atoms with Crippen molar-refractivity contribution < 1.29 is 9.59 Å². The molecule has 0 aliphatic rings. The summed E-state index contributed by atoms with van der Waals surface area (Å²) in [5, 5.41) is 5.66. The molecule has 2 amide bonds. The molecule has 5 nitrogen and oxygen atoms in total. The maximum absolute atomic E-state index is 11.8. The van der Waals surface area contributed by atoms with E-state index in [1.807, 2.05) is 44.2 Å². The maximum atomic E-state index is 11.8. The average molecular weight is 291 g/mol. The lowest BCUT2D eigenvalue weighted by Crippen LogP contribution is -2.42. The smallest absolute Gasteiger partial charge is 0.234 e. The summed E-state index contributed by atoms with van der Waals surface area (Å²) in [6, 6.07) is 10.1. The summed E-state index contributed by atoms with van der Waals surface area (Å²) in [5.74, 6) is -0.129. The van der Waals surface area contributed by atoms with Crippen LogP contribution in [0.5, 0.6) is 0 Å². The monoisotopic (exact) mass is 291 g/mol. The van der Waals surface area contributed by atoms with E-state index in [1.54, 1.807) is 11.9 Å². The summed E-state index contributed by atoms with van der Waals surface area (Å²) in [7, 11) is 1.76. The molecule has 1 aromatic carbocycles. The number of carbonyl (C=O) groups is 2. The highest BCUT2D eigenvalue weighted by atomic mass is 16.2. The third kappa shape index (κ3) is 8.09. The first-order chi connectivity index (χ1) is 9.97. The van der Waals surface area contributed by atoms with Gasteiger partial charge in [0.25, 0.3) is 0 Å². The molecule has 0 aromatic heterocycles. The Labute approximate surface area is 126 Å². The van der Waals surface area contributed by atoms with Gasteiger partial charge in [-0.2, -0.15) is 0 Å². The number of likely N-dealkylation sites (N-methyl/N-ethyl adjacent to an activating group) is 1. The molecular formula is C16H25N3O2. The van der Waals surface area contributed by atoms with E-state index >= 15 is 0 Å². The van der Waals surface area contributed by atoms with E-state index in [-0.39, 0.29) is 30.9 Å². The number of benzene rings is 1. The molecule has 0 radical (unpaired) electrons. The van der Waals surface area contributed by atoms with E-state index in [1.165, 1.54) is 5.56 Å². The van der Waals surface area contributed by atoms with Crippen molar-refractivity contribution in [2.45, 2.75) is 26.3 Å². The van der Waals surface area contributed by atoms with E-state index in [0.29, 0.717) is 6.54 Å². The predicted octanol–water partition coefficient (Wildman–Crippen LogP) is 0.802. The Morgan fingerprint density at radius 3 is 2.33 bits per heavy atom. The fourth-order valence-corrected chi connectivity index (χ4v) is 1.96. The molecule has 0 fully saturated rings. The average Bonchev–Trinajstić information content (AvgIpc) is 2.38. The van der Waals surface area contributed by atoms with Gasteiger partial charge in [-0.15, -0.1) is 0 Å². The van der Waals surface area contributed by atoms with Crippen molar-refractivity contribution in [1.82, 2.24) is 15.5 Å². The van der Waals surface area contributed by atoms with Crippen LogP contribution in [-0.4, -0.2) is 49.4 Å². The van der Waals surface area contributed by atoms with Crippen LogP contribution in [0.3, 0.4) is 0 Å². The van der Waals surface area contributed by atoms with Crippen molar-refractivity contribution in [1.29, 1.82) is 0 Å². The third-order valence-corrected chi connectivity index (χ3v) is 2.86. The molecule has 0 atom stereocenters. The summed E-state index contributed by atoms with van der Waals surface area (Å²) in [6.45, 7) is 4.88. The molecule has 1 rings (SSSR count). The van der Waals surface area contributed by atoms with E-state index in [2.05, 4.69) is 10.6 Å². The second-order valence-electron chi connectivity index (χ2n) is 5.48. The molecule has 0 aliphatic carbocycles.